The predicted molar refractivity (Wildman–Crippen MR) is 94.0 cm³/mol. The first-order valence-electron chi connectivity index (χ1n) is 6.95. The largest absolute Gasteiger partial charge is 0.322 e. The Bertz CT molecular complexity index is 765. The lowest BCUT2D eigenvalue weighted by atomic mass is 10.0. The molecular weight excluding hydrogens is 338 g/mol. The number of benzene rings is 3. The topological polar surface area (TPSA) is 29.1 Å². The second-order valence-electron chi connectivity index (χ2n) is 4.90. The maximum Gasteiger partial charge on any atom is 0.255 e. The van der Waals surface area contributed by atoms with E-state index in [1.165, 1.54) is 0 Å². The molecule has 0 aliphatic heterocycles. The Balaban J connectivity index is 1.75. The molecule has 1 amide bonds. The molecule has 0 heterocycles. The van der Waals surface area contributed by atoms with Crippen molar-refractivity contribution in [2.45, 2.75) is 0 Å². The second kappa shape index (κ2) is 6.58. The van der Waals surface area contributed by atoms with Gasteiger partial charge in [-0.05, 0) is 47.5 Å². The summed E-state index contributed by atoms with van der Waals surface area (Å²) in [5, 5.41) is 2.88. The fraction of sp³-hybridized carbons (Fsp3) is 0. The molecule has 0 fully saturated rings. The maximum atomic E-state index is 12.2. The van der Waals surface area contributed by atoms with Gasteiger partial charge in [-0.25, -0.2) is 0 Å². The highest BCUT2D eigenvalue weighted by atomic mass is 79.9. The summed E-state index contributed by atoms with van der Waals surface area (Å²) in [6, 6.07) is 25.2. The summed E-state index contributed by atoms with van der Waals surface area (Å²) in [6.45, 7) is 0. The normalized spacial score (nSPS) is 10.2. The number of anilines is 1. The minimum Gasteiger partial charge on any atom is -0.322 e. The van der Waals surface area contributed by atoms with E-state index in [1.54, 1.807) is 0 Å². The van der Waals surface area contributed by atoms with Crippen LogP contribution < -0.4 is 5.32 Å². The van der Waals surface area contributed by atoms with Crippen LogP contribution in [0.2, 0.25) is 0 Å². The zero-order valence-electron chi connectivity index (χ0n) is 11.8. The molecule has 0 aliphatic rings. The fourth-order valence-corrected chi connectivity index (χ4v) is 2.45. The van der Waals surface area contributed by atoms with Crippen molar-refractivity contribution in [3.63, 3.8) is 0 Å². The minimum atomic E-state index is -0.109. The average molecular weight is 352 g/mol. The molecule has 108 valence electrons. The van der Waals surface area contributed by atoms with E-state index in [9.17, 15) is 4.79 Å². The number of rotatable bonds is 3. The lowest BCUT2D eigenvalue weighted by molar-refractivity contribution is 0.102. The number of amides is 1. The molecule has 0 aliphatic carbocycles. The van der Waals surface area contributed by atoms with Gasteiger partial charge in [-0.1, -0.05) is 58.4 Å². The van der Waals surface area contributed by atoms with Crippen molar-refractivity contribution in [1.29, 1.82) is 0 Å². The van der Waals surface area contributed by atoms with E-state index in [-0.39, 0.29) is 5.91 Å². The average Bonchev–Trinajstić information content (AvgIpc) is 2.58. The SMILES string of the molecule is O=C(Nc1ccc(Br)cc1)c1ccc(-c2ccccc2)cc1. The Morgan fingerprint density at radius 2 is 1.32 bits per heavy atom. The molecule has 2 nitrogen and oxygen atoms in total. The van der Waals surface area contributed by atoms with Crippen molar-refractivity contribution in [2.75, 3.05) is 5.32 Å². The van der Waals surface area contributed by atoms with Gasteiger partial charge in [0.2, 0.25) is 0 Å². The number of nitrogens with one attached hydrogen (secondary N) is 1. The Morgan fingerprint density at radius 1 is 0.727 bits per heavy atom. The maximum absolute atomic E-state index is 12.2. The van der Waals surface area contributed by atoms with Crippen molar-refractivity contribution < 1.29 is 4.79 Å². The van der Waals surface area contributed by atoms with Crippen LogP contribution in [0.15, 0.2) is 83.3 Å². The van der Waals surface area contributed by atoms with Gasteiger partial charge in [0.1, 0.15) is 0 Å². The molecule has 0 spiro atoms. The van der Waals surface area contributed by atoms with Crippen molar-refractivity contribution >= 4 is 27.5 Å². The summed E-state index contributed by atoms with van der Waals surface area (Å²) >= 11 is 3.37. The van der Waals surface area contributed by atoms with E-state index in [0.717, 1.165) is 21.3 Å². The molecule has 0 atom stereocenters. The van der Waals surface area contributed by atoms with Crippen LogP contribution in [0.3, 0.4) is 0 Å². The molecule has 0 bridgehead atoms. The van der Waals surface area contributed by atoms with E-state index < -0.39 is 0 Å². The van der Waals surface area contributed by atoms with E-state index in [2.05, 4.69) is 33.4 Å². The monoisotopic (exact) mass is 351 g/mol. The molecule has 3 aromatic carbocycles. The number of hydrogen-bond donors (Lipinski definition) is 1. The highest BCUT2D eigenvalue weighted by molar-refractivity contribution is 9.10. The van der Waals surface area contributed by atoms with Crippen molar-refractivity contribution in [1.82, 2.24) is 0 Å². The van der Waals surface area contributed by atoms with Gasteiger partial charge in [-0.3, -0.25) is 4.79 Å². The van der Waals surface area contributed by atoms with Crippen LogP contribution in [0.4, 0.5) is 5.69 Å². The van der Waals surface area contributed by atoms with Gasteiger partial charge in [0.25, 0.3) is 5.91 Å². The summed E-state index contributed by atoms with van der Waals surface area (Å²) in [5.74, 6) is -0.109. The van der Waals surface area contributed by atoms with Gasteiger partial charge >= 0.3 is 0 Å². The van der Waals surface area contributed by atoms with Crippen LogP contribution in [-0.2, 0) is 0 Å². The van der Waals surface area contributed by atoms with Crippen molar-refractivity contribution in [3.8, 4) is 11.1 Å². The van der Waals surface area contributed by atoms with Gasteiger partial charge in [0.05, 0.1) is 0 Å². The third-order valence-corrected chi connectivity index (χ3v) is 3.88. The Kier molecular flexibility index (Phi) is 4.35. The third kappa shape index (κ3) is 3.43. The first-order valence-corrected chi connectivity index (χ1v) is 7.74. The van der Waals surface area contributed by atoms with E-state index in [4.69, 9.17) is 0 Å². The molecule has 22 heavy (non-hydrogen) atoms. The van der Waals surface area contributed by atoms with Crippen molar-refractivity contribution in [3.05, 3.63) is 88.9 Å². The Morgan fingerprint density at radius 3 is 1.95 bits per heavy atom. The molecule has 0 saturated carbocycles. The number of carbonyl (C=O) groups is 1. The molecule has 0 radical (unpaired) electrons. The van der Waals surface area contributed by atoms with E-state index >= 15 is 0 Å². The first kappa shape index (κ1) is 14.5. The predicted octanol–water partition coefficient (Wildman–Crippen LogP) is 5.37. The smallest absolute Gasteiger partial charge is 0.255 e. The Labute approximate surface area is 137 Å². The van der Waals surface area contributed by atoms with Crippen LogP contribution in [0.25, 0.3) is 11.1 Å². The number of halogens is 1. The van der Waals surface area contributed by atoms with Gasteiger partial charge in [-0.2, -0.15) is 0 Å². The van der Waals surface area contributed by atoms with Crippen molar-refractivity contribution in [2.24, 2.45) is 0 Å². The zero-order valence-corrected chi connectivity index (χ0v) is 13.4. The Hall–Kier alpha value is -2.39. The third-order valence-electron chi connectivity index (χ3n) is 3.36. The summed E-state index contributed by atoms with van der Waals surface area (Å²) in [5.41, 5.74) is 3.66. The molecule has 3 rings (SSSR count). The van der Waals surface area contributed by atoms with Crippen LogP contribution >= 0.6 is 15.9 Å². The molecule has 0 aromatic heterocycles. The lowest BCUT2D eigenvalue weighted by Gasteiger charge is -2.07. The fourth-order valence-electron chi connectivity index (χ4n) is 2.18. The van der Waals surface area contributed by atoms with Crippen LogP contribution in [-0.4, -0.2) is 5.91 Å². The molecule has 1 N–H and O–H groups in total. The summed E-state index contributed by atoms with van der Waals surface area (Å²) in [6.07, 6.45) is 0. The number of hydrogen-bond acceptors (Lipinski definition) is 1. The van der Waals surface area contributed by atoms with E-state index in [0.29, 0.717) is 5.56 Å². The molecule has 3 heteroatoms. The van der Waals surface area contributed by atoms with Crippen LogP contribution in [0, 0.1) is 0 Å². The molecule has 3 aromatic rings. The first-order chi connectivity index (χ1) is 10.7. The zero-order chi connectivity index (χ0) is 15.4. The van der Waals surface area contributed by atoms with Gasteiger partial charge < -0.3 is 5.32 Å². The highest BCUT2D eigenvalue weighted by Crippen LogP contribution is 2.20. The lowest BCUT2D eigenvalue weighted by Crippen LogP contribution is -2.11. The molecule has 0 saturated heterocycles. The van der Waals surface area contributed by atoms with Gasteiger partial charge in [-0.15, -0.1) is 0 Å². The second-order valence-corrected chi connectivity index (χ2v) is 5.82. The van der Waals surface area contributed by atoms with Crippen LogP contribution in [0.5, 0.6) is 0 Å². The summed E-state index contributed by atoms with van der Waals surface area (Å²) in [7, 11) is 0. The standard InChI is InChI=1S/C19H14BrNO/c20-17-10-12-18(13-11-17)21-19(22)16-8-6-15(7-9-16)14-4-2-1-3-5-14/h1-13H,(H,21,22). The summed E-state index contributed by atoms with van der Waals surface area (Å²) < 4.78 is 0.984. The molecular formula is C19H14BrNO. The molecule has 0 unspecified atom stereocenters. The van der Waals surface area contributed by atoms with Gasteiger partial charge in [0.15, 0.2) is 0 Å². The highest BCUT2D eigenvalue weighted by Gasteiger charge is 2.06. The van der Waals surface area contributed by atoms with E-state index in [1.807, 2.05) is 66.7 Å². The summed E-state index contributed by atoms with van der Waals surface area (Å²) in [4.78, 5) is 12.2. The number of carbonyl (C=O) groups excluding carboxylic acids is 1. The quantitative estimate of drug-likeness (QED) is 0.675. The van der Waals surface area contributed by atoms with Crippen LogP contribution in [0.1, 0.15) is 10.4 Å². The minimum absolute atomic E-state index is 0.109. The van der Waals surface area contributed by atoms with Gasteiger partial charge in [0, 0.05) is 15.7 Å².